The third-order valence-corrected chi connectivity index (χ3v) is 3.17. The van der Waals surface area contributed by atoms with Gasteiger partial charge < -0.3 is 5.32 Å². The molecule has 2 aromatic rings. The van der Waals surface area contributed by atoms with Crippen LogP contribution in [0.3, 0.4) is 0 Å². The van der Waals surface area contributed by atoms with Crippen LogP contribution in [0.4, 0.5) is 10.1 Å². The number of aromatic amines is 1. The Hall–Kier alpha value is -1.89. The molecule has 0 aliphatic carbocycles. The average molecular weight is 280 g/mol. The van der Waals surface area contributed by atoms with Crippen molar-refractivity contribution >= 4 is 23.4 Å². The molecule has 5 nitrogen and oxygen atoms in total. The van der Waals surface area contributed by atoms with Crippen LogP contribution in [0, 0.1) is 5.82 Å². The van der Waals surface area contributed by atoms with E-state index in [9.17, 15) is 9.18 Å². The van der Waals surface area contributed by atoms with E-state index in [0.29, 0.717) is 5.16 Å². The van der Waals surface area contributed by atoms with E-state index in [1.165, 1.54) is 23.9 Å². The van der Waals surface area contributed by atoms with Crippen molar-refractivity contribution in [1.29, 1.82) is 0 Å². The molecule has 0 spiro atoms. The Kier molecular flexibility index (Phi) is 4.51. The number of nitrogens with one attached hydrogen (secondary N) is 2. The van der Waals surface area contributed by atoms with E-state index in [1.54, 1.807) is 12.1 Å². The van der Waals surface area contributed by atoms with Crippen LogP contribution in [-0.4, -0.2) is 26.8 Å². The smallest absolute Gasteiger partial charge is 0.234 e. The topological polar surface area (TPSA) is 70.7 Å². The number of aromatic nitrogens is 3. The molecule has 1 aromatic carbocycles. The van der Waals surface area contributed by atoms with Crippen LogP contribution < -0.4 is 5.32 Å². The number of carbonyl (C=O) groups excluding carboxylic acids is 1. The summed E-state index contributed by atoms with van der Waals surface area (Å²) in [7, 11) is 0. The van der Waals surface area contributed by atoms with Crippen molar-refractivity contribution in [1.82, 2.24) is 15.2 Å². The lowest BCUT2D eigenvalue weighted by atomic mass is 10.3. The molecule has 1 amide bonds. The lowest BCUT2D eigenvalue weighted by molar-refractivity contribution is -0.113. The van der Waals surface area contributed by atoms with Crippen molar-refractivity contribution in [3.63, 3.8) is 0 Å². The first-order valence-electron chi connectivity index (χ1n) is 5.77. The molecule has 2 rings (SSSR count). The third-order valence-electron chi connectivity index (χ3n) is 2.33. The lowest BCUT2D eigenvalue weighted by Gasteiger charge is -2.04. The van der Waals surface area contributed by atoms with E-state index in [-0.39, 0.29) is 17.3 Å². The monoisotopic (exact) mass is 280 g/mol. The van der Waals surface area contributed by atoms with Gasteiger partial charge in [0.05, 0.1) is 11.4 Å². The van der Waals surface area contributed by atoms with Gasteiger partial charge >= 0.3 is 0 Å². The highest BCUT2D eigenvalue weighted by atomic mass is 32.2. The van der Waals surface area contributed by atoms with Gasteiger partial charge in [-0.1, -0.05) is 30.8 Å². The Morgan fingerprint density at radius 1 is 1.47 bits per heavy atom. The van der Waals surface area contributed by atoms with Crippen molar-refractivity contribution in [3.05, 3.63) is 35.9 Å². The van der Waals surface area contributed by atoms with Gasteiger partial charge in [0.2, 0.25) is 11.1 Å². The maximum Gasteiger partial charge on any atom is 0.234 e. The highest BCUT2D eigenvalue weighted by Gasteiger charge is 2.09. The first-order chi connectivity index (χ1) is 9.19. The zero-order valence-corrected chi connectivity index (χ0v) is 11.1. The number of amides is 1. The number of aryl methyl sites for hydroxylation is 1. The molecule has 7 heteroatoms. The van der Waals surface area contributed by atoms with E-state index in [1.807, 2.05) is 6.92 Å². The number of carbonyl (C=O) groups is 1. The predicted octanol–water partition coefficient (Wildman–Crippen LogP) is 2.24. The number of para-hydroxylation sites is 1. The number of thioether (sulfide) groups is 1. The van der Waals surface area contributed by atoms with E-state index in [4.69, 9.17) is 0 Å². The molecule has 1 aromatic heterocycles. The summed E-state index contributed by atoms with van der Waals surface area (Å²) in [5.41, 5.74) is 0.178. The number of hydrogen-bond donors (Lipinski definition) is 2. The SMILES string of the molecule is CCc1nc(SCC(=O)Nc2ccccc2F)n[nH]1. The minimum Gasteiger partial charge on any atom is -0.323 e. The first-order valence-corrected chi connectivity index (χ1v) is 6.76. The molecular formula is C12H13FN4OS. The van der Waals surface area contributed by atoms with Crippen LogP contribution in [-0.2, 0) is 11.2 Å². The third kappa shape index (κ3) is 3.78. The molecule has 0 atom stereocenters. The molecule has 2 N–H and O–H groups in total. The van der Waals surface area contributed by atoms with E-state index < -0.39 is 5.82 Å². The molecule has 0 bridgehead atoms. The molecular weight excluding hydrogens is 267 g/mol. The van der Waals surface area contributed by atoms with Gasteiger partial charge in [-0.2, -0.15) is 0 Å². The number of anilines is 1. The first kappa shape index (κ1) is 13.5. The van der Waals surface area contributed by atoms with E-state index in [2.05, 4.69) is 20.5 Å². The summed E-state index contributed by atoms with van der Waals surface area (Å²) >= 11 is 1.20. The fraction of sp³-hybridized carbons (Fsp3) is 0.250. The highest BCUT2D eigenvalue weighted by Crippen LogP contribution is 2.15. The summed E-state index contributed by atoms with van der Waals surface area (Å²) < 4.78 is 13.3. The van der Waals surface area contributed by atoms with Gasteiger partial charge in [-0.05, 0) is 12.1 Å². The van der Waals surface area contributed by atoms with Crippen LogP contribution in [0.1, 0.15) is 12.7 Å². The fourth-order valence-electron chi connectivity index (χ4n) is 1.38. The van der Waals surface area contributed by atoms with Crippen LogP contribution in [0.2, 0.25) is 0 Å². The Bertz CT molecular complexity index is 572. The quantitative estimate of drug-likeness (QED) is 0.824. The molecule has 0 saturated carbocycles. The van der Waals surface area contributed by atoms with Crippen LogP contribution in [0.25, 0.3) is 0 Å². The number of halogens is 1. The van der Waals surface area contributed by atoms with Crippen LogP contribution in [0.5, 0.6) is 0 Å². The second-order valence-electron chi connectivity index (χ2n) is 3.73. The standard InChI is InChI=1S/C12H13FN4OS/c1-2-10-15-12(17-16-10)19-7-11(18)14-9-6-4-3-5-8(9)13/h3-6H,2,7H2,1H3,(H,14,18)(H,15,16,17). The van der Waals surface area contributed by atoms with Crippen molar-refractivity contribution in [2.45, 2.75) is 18.5 Å². The van der Waals surface area contributed by atoms with Crippen molar-refractivity contribution in [2.75, 3.05) is 11.1 Å². The highest BCUT2D eigenvalue weighted by molar-refractivity contribution is 7.99. The van der Waals surface area contributed by atoms with Gasteiger partial charge in [0, 0.05) is 6.42 Å². The number of benzene rings is 1. The van der Waals surface area contributed by atoms with E-state index in [0.717, 1.165) is 12.2 Å². The van der Waals surface area contributed by atoms with Crippen molar-refractivity contribution < 1.29 is 9.18 Å². The summed E-state index contributed by atoms with van der Waals surface area (Å²) in [4.78, 5) is 15.8. The van der Waals surface area contributed by atoms with Gasteiger partial charge in [-0.3, -0.25) is 9.89 Å². The number of nitrogens with zero attached hydrogens (tertiary/aromatic N) is 2. The molecule has 1 heterocycles. The second kappa shape index (κ2) is 6.33. The van der Waals surface area contributed by atoms with Crippen LogP contribution in [0.15, 0.2) is 29.4 Å². The average Bonchev–Trinajstić information content (AvgIpc) is 2.87. The molecule has 19 heavy (non-hydrogen) atoms. The molecule has 0 aliphatic heterocycles. The summed E-state index contributed by atoms with van der Waals surface area (Å²) in [6.45, 7) is 1.96. The Balaban J connectivity index is 1.86. The molecule has 0 saturated heterocycles. The minimum absolute atomic E-state index is 0.134. The minimum atomic E-state index is -0.452. The molecule has 0 unspecified atom stereocenters. The van der Waals surface area contributed by atoms with Crippen molar-refractivity contribution in [3.8, 4) is 0 Å². The predicted molar refractivity (Wildman–Crippen MR) is 71.5 cm³/mol. The van der Waals surface area contributed by atoms with Gasteiger partial charge in [0.1, 0.15) is 11.6 Å². The molecule has 0 aliphatic rings. The maximum absolute atomic E-state index is 13.3. The van der Waals surface area contributed by atoms with Crippen molar-refractivity contribution in [2.24, 2.45) is 0 Å². The van der Waals surface area contributed by atoms with Gasteiger partial charge in [-0.15, -0.1) is 5.10 Å². The molecule has 100 valence electrons. The normalized spacial score (nSPS) is 10.4. The summed E-state index contributed by atoms with van der Waals surface area (Å²) in [6.07, 6.45) is 0.759. The summed E-state index contributed by atoms with van der Waals surface area (Å²) in [6, 6.07) is 6.04. The van der Waals surface area contributed by atoms with Crippen LogP contribution >= 0.6 is 11.8 Å². The summed E-state index contributed by atoms with van der Waals surface area (Å²) in [5.74, 6) is 0.164. The lowest BCUT2D eigenvalue weighted by Crippen LogP contribution is -2.15. The van der Waals surface area contributed by atoms with Gasteiger partial charge in [0.15, 0.2) is 0 Å². The van der Waals surface area contributed by atoms with E-state index >= 15 is 0 Å². The largest absolute Gasteiger partial charge is 0.323 e. The maximum atomic E-state index is 13.3. The molecule has 0 fully saturated rings. The Morgan fingerprint density at radius 2 is 2.26 bits per heavy atom. The Labute approximate surface area is 114 Å². The fourth-order valence-corrected chi connectivity index (χ4v) is 2.00. The summed E-state index contributed by atoms with van der Waals surface area (Å²) in [5, 5.41) is 9.74. The molecule has 0 radical (unpaired) electrons. The number of rotatable bonds is 5. The van der Waals surface area contributed by atoms with Gasteiger partial charge in [-0.25, -0.2) is 9.37 Å². The zero-order valence-electron chi connectivity index (χ0n) is 10.3. The second-order valence-corrected chi connectivity index (χ2v) is 4.68. The Morgan fingerprint density at radius 3 is 2.95 bits per heavy atom. The zero-order chi connectivity index (χ0) is 13.7. The van der Waals surface area contributed by atoms with Gasteiger partial charge in [0.25, 0.3) is 0 Å². The number of hydrogen-bond acceptors (Lipinski definition) is 4. The number of H-pyrrole nitrogens is 1.